The number of ether oxygens (including phenoxy) is 2. The molecule has 4 nitrogen and oxygen atoms in total. The summed E-state index contributed by atoms with van der Waals surface area (Å²) in [5.41, 5.74) is 7.81. The molecule has 0 saturated heterocycles. The predicted octanol–water partition coefficient (Wildman–Crippen LogP) is 3.68. The van der Waals surface area contributed by atoms with Crippen LogP contribution in [0.3, 0.4) is 0 Å². The Morgan fingerprint density at radius 2 is 1.79 bits per heavy atom. The van der Waals surface area contributed by atoms with Gasteiger partial charge in [-0.05, 0) is 30.3 Å². The van der Waals surface area contributed by atoms with Gasteiger partial charge < -0.3 is 20.5 Å². The lowest BCUT2D eigenvalue weighted by Crippen LogP contribution is -1.97. The Morgan fingerprint density at radius 1 is 1.00 bits per heavy atom. The lowest BCUT2D eigenvalue weighted by Gasteiger charge is -2.13. The second-order valence-corrected chi connectivity index (χ2v) is 4.34. The summed E-state index contributed by atoms with van der Waals surface area (Å²) in [6.07, 6.45) is 0. The number of methoxy groups -OCH3 is 2. The van der Waals surface area contributed by atoms with Crippen LogP contribution < -0.4 is 20.5 Å². The standard InChI is InChI=1S/C14H15ClN2O2/c1-18-10-4-6-14(19-2)13(8-10)17-12-5-3-9(16)7-11(12)15/h3-8,17H,16H2,1-2H3. The molecule has 100 valence electrons. The molecule has 5 heteroatoms. The molecule has 0 aromatic heterocycles. The van der Waals surface area contributed by atoms with Crippen molar-refractivity contribution < 1.29 is 9.47 Å². The van der Waals surface area contributed by atoms with Crippen molar-refractivity contribution in [3.8, 4) is 11.5 Å². The Bertz CT molecular complexity index is 588. The monoisotopic (exact) mass is 278 g/mol. The number of anilines is 3. The van der Waals surface area contributed by atoms with Crippen LogP contribution in [0, 0.1) is 0 Å². The van der Waals surface area contributed by atoms with Crippen molar-refractivity contribution in [2.75, 3.05) is 25.3 Å². The van der Waals surface area contributed by atoms with Gasteiger partial charge in [0, 0.05) is 11.8 Å². The van der Waals surface area contributed by atoms with Gasteiger partial charge in [-0.2, -0.15) is 0 Å². The summed E-state index contributed by atoms with van der Waals surface area (Å²) < 4.78 is 10.5. The largest absolute Gasteiger partial charge is 0.497 e. The Balaban J connectivity index is 2.36. The fourth-order valence-electron chi connectivity index (χ4n) is 1.69. The molecule has 0 fully saturated rings. The summed E-state index contributed by atoms with van der Waals surface area (Å²) in [6, 6.07) is 10.8. The van der Waals surface area contributed by atoms with E-state index in [1.54, 1.807) is 26.4 Å². The number of halogens is 1. The summed E-state index contributed by atoms with van der Waals surface area (Å²) in [5.74, 6) is 1.43. The molecule has 2 aromatic rings. The fraction of sp³-hybridized carbons (Fsp3) is 0.143. The van der Waals surface area contributed by atoms with Crippen LogP contribution in [0.1, 0.15) is 0 Å². The molecule has 0 aliphatic heterocycles. The number of hydrogen-bond donors (Lipinski definition) is 2. The van der Waals surface area contributed by atoms with E-state index in [0.29, 0.717) is 16.5 Å². The van der Waals surface area contributed by atoms with E-state index in [-0.39, 0.29) is 0 Å². The number of benzene rings is 2. The van der Waals surface area contributed by atoms with Gasteiger partial charge in [0.05, 0.1) is 30.6 Å². The molecule has 0 spiro atoms. The molecule has 0 heterocycles. The first-order valence-electron chi connectivity index (χ1n) is 5.68. The molecule has 0 bridgehead atoms. The molecule has 2 rings (SSSR count). The first-order chi connectivity index (χ1) is 9.13. The van der Waals surface area contributed by atoms with E-state index in [1.807, 2.05) is 24.3 Å². The van der Waals surface area contributed by atoms with Gasteiger partial charge in [0.1, 0.15) is 11.5 Å². The molecule has 2 aromatic carbocycles. The van der Waals surface area contributed by atoms with Crippen LogP contribution in [0.25, 0.3) is 0 Å². The average Bonchev–Trinajstić information content (AvgIpc) is 2.41. The first kappa shape index (κ1) is 13.4. The second kappa shape index (κ2) is 5.71. The van der Waals surface area contributed by atoms with E-state index in [4.69, 9.17) is 26.8 Å². The number of rotatable bonds is 4. The lowest BCUT2D eigenvalue weighted by atomic mass is 10.2. The second-order valence-electron chi connectivity index (χ2n) is 3.93. The van der Waals surface area contributed by atoms with Crippen molar-refractivity contribution in [1.82, 2.24) is 0 Å². The highest BCUT2D eigenvalue weighted by atomic mass is 35.5. The third-order valence-corrected chi connectivity index (χ3v) is 2.98. The van der Waals surface area contributed by atoms with Crippen LogP contribution in [0.4, 0.5) is 17.1 Å². The summed E-state index contributed by atoms with van der Waals surface area (Å²) in [6.45, 7) is 0. The van der Waals surface area contributed by atoms with E-state index in [2.05, 4.69) is 5.32 Å². The van der Waals surface area contributed by atoms with Crippen molar-refractivity contribution in [1.29, 1.82) is 0 Å². The van der Waals surface area contributed by atoms with Crippen molar-refractivity contribution in [2.45, 2.75) is 0 Å². The van der Waals surface area contributed by atoms with Crippen LogP contribution in [-0.2, 0) is 0 Å². The van der Waals surface area contributed by atoms with Gasteiger partial charge in [0.25, 0.3) is 0 Å². The van der Waals surface area contributed by atoms with E-state index in [1.165, 1.54) is 0 Å². The Morgan fingerprint density at radius 3 is 2.42 bits per heavy atom. The maximum atomic E-state index is 6.13. The molecule has 19 heavy (non-hydrogen) atoms. The zero-order valence-electron chi connectivity index (χ0n) is 10.7. The average molecular weight is 279 g/mol. The van der Waals surface area contributed by atoms with Crippen LogP contribution >= 0.6 is 11.6 Å². The SMILES string of the molecule is COc1ccc(OC)c(Nc2ccc(N)cc2Cl)c1. The number of hydrogen-bond acceptors (Lipinski definition) is 4. The van der Waals surface area contributed by atoms with Gasteiger partial charge in [0.2, 0.25) is 0 Å². The summed E-state index contributed by atoms with van der Waals surface area (Å²) >= 11 is 6.13. The lowest BCUT2D eigenvalue weighted by molar-refractivity contribution is 0.405. The topological polar surface area (TPSA) is 56.5 Å². The molecular formula is C14H15ClN2O2. The number of nitrogens with two attached hydrogens (primary N) is 1. The van der Waals surface area contributed by atoms with Crippen LogP contribution in [-0.4, -0.2) is 14.2 Å². The van der Waals surface area contributed by atoms with Crippen molar-refractivity contribution in [2.24, 2.45) is 0 Å². The summed E-state index contributed by atoms with van der Waals surface area (Å²) in [4.78, 5) is 0. The highest BCUT2D eigenvalue weighted by Gasteiger charge is 2.07. The molecule has 0 aliphatic rings. The highest BCUT2D eigenvalue weighted by molar-refractivity contribution is 6.33. The Labute approximate surface area is 117 Å². The molecule has 3 N–H and O–H groups in total. The van der Waals surface area contributed by atoms with Gasteiger partial charge in [-0.25, -0.2) is 0 Å². The zero-order valence-corrected chi connectivity index (χ0v) is 11.5. The summed E-state index contributed by atoms with van der Waals surface area (Å²) in [7, 11) is 3.22. The predicted molar refractivity (Wildman–Crippen MR) is 78.7 cm³/mol. The highest BCUT2D eigenvalue weighted by Crippen LogP contribution is 2.34. The van der Waals surface area contributed by atoms with Crippen LogP contribution in [0.2, 0.25) is 5.02 Å². The molecule has 0 saturated carbocycles. The van der Waals surface area contributed by atoms with Crippen molar-refractivity contribution in [3.05, 3.63) is 41.4 Å². The van der Waals surface area contributed by atoms with Gasteiger partial charge in [-0.15, -0.1) is 0 Å². The van der Waals surface area contributed by atoms with E-state index < -0.39 is 0 Å². The normalized spacial score (nSPS) is 10.1. The molecule has 0 aliphatic carbocycles. The minimum atomic E-state index is 0.546. The molecule has 0 unspecified atom stereocenters. The zero-order chi connectivity index (χ0) is 13.8. The summed E-state index contributed by atoms with van der Waals surface area (Å²) in [5, 5.41) is 3.75. The van der Waals surface area contributed by atoms with E-state index >= 15 is 0 Å². The fourth-order valence-corrected chi connectivity index (χ4v) is 1.93. The van der Waals surface area contributed by atoms with E-state index in [0.717, 1.165) is 17.1 Å². The van der Waals surface area contributed by atoms with Gasteiger partial charge in [-0.3, -0.25) is 0 Å². The van der Waals surface area contributed by atoms with Crippen molar-refractivity contribution >= 4 is 28.7 Å². The van der Waals surface area contributed by atoms with Gasteiger partial charge >= 0.3 is 0 Å². The maximum absolute atomic E-state index is 6.13. The molecule has 0 radical (unpaired) electrons. The Kier molecular flexibility index (Phi) is 4.02. The van der Waals surface area contributed by atoms with E-state index in [9.17, 15) is 0 Å². The van der Waals surface area contributed by atoms with Gasteiger partial charge in [-0.1, -0.05) is 11.6 Å². The quantitative estimate of drug-likeness (QED) is 0.838. The number of nitrogen functional groups attached to an aromatic ring is 1. The van der Waals surface area contributed by atoms with Crippen LogP contribution in [0.15, 0.2) is 36.4 Å². The first-order valence-corrected chi connectivity index (χ1v) is 6.06. The van der Waals surface area contributed by atoms with Crippen molar-refractivity contribution in [3.63, 3.8) is 0 Å². The number of nitrogens with one attached hydrogen (secondary N) is 1. The van der Waals surface area contributed by atoms with Gasteiger partial charge in [0.15, 0.2) is 0 Å². The third kappa shape index (κ3) is 3.03. The van der Waals surface area contributed by atoms with Crippen LogP contribution in [0.5, 0.6) is 11.5 Å². The molecular weight excluding hydrogens is 264 g/mol. The maximum Gasteiger partial charge on any atom is 0.142 e. The smallest absolute Gasteiger partial charge is 0.142 e. The Hall–Kier alpha value is -2.07. The minimum absolute atomic E-state index is 0.546. The minimum Gasteiger partial charge on any atom is -0.497 e. The third-order valence-electron chi connectivity index (χ3n) is 2.67. The molecule has 0 atom stereocenters. The molecule has 0 amide bonds.